The Labute approximate surface area is 232 Å². The minimum atomic E-state index is -0.448. The number of ether oxygens (including phenoxy) is 2. The zero-order valence-corrected chi connectivity index (χ0v) is 22.8. The van der Waals surface area contributed by atoms with Crippen molar-refractivity contribution in [3.05, 3.63) is 95.3 Å². The number of amides is 1. The maximum absolute atomic E-state index is 13.2. The summed E-state index contributed by atoms with van der Waals surface area (Å²) in [5.74, 6) is 2.07. The summed E-state index contributed by atoms with van der Waals surface area (Å²) in [6.07, 6.45) is 1.44. The van der Waals surface area contributed by atoms with E-state index in [0.717, 1.165) is 41.0 Å². The van der Waals surface area contributed by atoms with Crippen LogP contribution in [0.15, 0.2) is 72.8 Å². The highest BCUT2D eigenvalue weighted by Gasteiger charge is 2.24. The van der Waals surface area contributed by atoms with Gasteiger partial charge in [-0.15, -0.1) is 0 Å². The summed E-state index contributed by atoms with van der Waals surface area (Å²) in [5.41, 5.74) is 2.70. The maximum atomic E-state index is 13.2. The molecule has 3 aromatic carbocycles. The van der Waals surface area contributed by atoms with Gasteiger partial charge in [-0.1, -0.05) is 42.0 Å². The number of hydrogen-bond acceptors (Lipinski definition) is 8. The molecule has 2 heterocycles. The number of benzene rings is 3. The second-order valence-electron chi connectivity index (χ2n) is 9.45. The number of carbonyl (C=O) groups excluding carboxylic acids is 2. The normalized spacial score (nSPS) is 13.6. The second-order valence-corrected chi connectivity index (χ2v) is 10.2. The van der Waals surface area contributed by atoms with Crippen LogP contribution in [0.2, 0.25) is 0 Å². The van der Waals surface area contributed by atoms with Crippen molar-refractivity contribution in [2.75, 3.05) is 31.1 Å². The van der Waals surface area contributed by atoms with E-state index in [1.807, 2.05) is 53.4 Å². The average molecular weight is 543 g/mol. The molecule has 1 aliphatic heterocycles. The fourth-order valence-corrected chi connectivity index (χ4v) is 5.15. The number of carbonyl (C=O) groups is 2. The van der Waals surface area contributed by atoms with E-state index >= 15 is 0 Å². The lowest BCUT2D eigenvalue weighted by atomic mass is 10.1. The molecule has 0 spiro atoms. The van der Waals surface area contributed by atoms with Gasteiger partial charge in [0.05, 0.1) is 5.56 Å². The van der Waals surface area contributed by atoms with E-state index in [9.17, 15) is 9.59 Å². The Kier molecular flexibility index (Phi) is 8.17. The molecule has 1 saturated heterocycles. The number of nitrogens with zero attached hydrogens (tertiary/aromatic N) is 4. The van der Waals surface area contributed by atoms with E-state index in [4.69, 9.17) is 14.5 Å². The molecule has 200 valence electrons. The fraction of sp³-hybridized carbons (Fsp3) is 0.267. The second kappa shape index (κ2) is 12.1. The molecule has 0 bridgehead atoms. The molecule has 1 aliphatic rings. The number of aromatic nitrogens is 2. The predicted octanol–water partition coefficient (Wildman–Crippen LogP) is 5.51. The molecular weight excluding hydrogens is 512 g/mol. The van der Waals surface area contributed by atoms with E-state index in [1.165, 1.54) is 24.0 Å². The molecule has 0 radical (unpaired) electrons. The van der Waals surface area contributed by atoms with Crippen molar-refractivity contribution in [1.29, 1.82) is 0 Å². The van der Waals surface area contributed by atoms with Crippen molar-refractivity contribution in [3.63, 3.8) is 0 Å². The molecule has 39 heavy (non-hydrogen) atoms. The molecule has 0 saturated carbocycles. The highest BCUT2D eigenvalue weighted by atomic mass is 32.1. The minimum absolute atomic E-state index is 0.138. The van der Waals surface area contributed by atoms with E-state index in [2.05, 4.69) is 16.2 Å². The smallest absolute Gasteiger partial charge is 0.308 e. The summed E-state index contributed by atoms with van der Waals surface area (Å²) in [4.78, 5) is 33.5. The van der Waals surface area contributed by atoms with Crippen LogP contribution < -0.4 is 14.4 Å². The predicted molar refractivity (Wildman–Crippen MR) is 151 cm³/mol. The van der Waals surface area contributed by atoms with Crippen LogP contribution in [-0.2, 0) is 11.2 Å². The van der Waals surface area contributed by atoms with E-state index < -0.39 is 5.97 Å². The Balaban J connectivity index is 1.18. The lowest BCUT2D eigenvalue weighted by molar-refractivity contribution is -0.131. The quantitative estimate of drug-likeness (QED) is 0.225. The molecule has 1 aromatic heterocycles. The number of rotatable bonds is 7. The molecule has 8 nitrogen and oxygen atoms in total. The summed E-state index contributed by atoms with van der Waals surface area (Å²) in [6.45, 7) is 5.99. The van der Waals surface area contributed by atoms with Crippen LogP contribution in [0, 0.1) is 6.92 Å². The van der Waals surface area contributed by atoms with Gasteiger partial charge in [0.25, 0.3) is 5.91 Å². The van der Waals surface area contributed by atoms with Gasteiger partial charge in [-0.3, -0.25) is 9.59 Å². The summed E-state index contributed by atoms with van der Waals surface area (Å²) < 4.78 is 15.8. The van der Waals surface area contributed by atoms with Crippen molar-refractivity contribution in [3.8, 4) is 17.2 Å². The number of hydrogen-bond donors (Lipinski definition) is 0. The van der Waals surface area contributed by atoms with Gasteiger partial charge in [0, 0.05) is 51.1 Å². The van der Waals surface area contributed by atoms with E-state index in [-0.39, 0.29) is 5.91 Å². The highest BCUT2D eigenvalue weighted by molar-refractivity contribution is 7.09. The zero-order valence-electron chi connectivity index (χ0n) is 22.0. The number of aryl methyl sites for hydroxylation is 1. The van der Waals surface area contributed by atoms with E-state index in [0.29, 0.717) is 37.4 Å². The molecule has 0 aliphatic carbocycles. The summed E-state index contributed by atoms with van der Waals surface area (Å²) in [5, 5.41) is 0.860. The molecular formula is C30H30N4O4S. The molecule has 0 unspecified atom stereocenters. The lowest BCUT2D eigenvalue weighted by Crippen LogP contribution is -2.35. The van der Waals surface area contributed by atoms with Crippen LogP contribution in [0.25, 0.3) is 0 Å². The first kappa shape index (κ1) is 26.4. The van der Waals surface area contributed by atoms with Gasteiger partial charge in [-0.05, 0) is 55.3 Å². The van der Waals surface area contributed by atoms with E-state index in [1.54, 1.807) is 24.3 Å². The van der Waals surface area contributed by atoms with Gasteiger partial charge in [0.15, 0.2) is 0 Å². The monoisotopic (exact) mass is 542 g/mol. The van der Waals surface area contributed by atoms with Crippen LogP contribution >= 0.6 is 11.5 Å². The Morgan fingerprint density at radius 3 is 2.36 bits per heavy atom. The van der Waals surface area contributed by atoms with Crippen LogP contribution in [0.4, 0.5) is 5.13 Å². The maximum Gasteiger partial charge on any atom is 0.308 e. The third-order valence-corrected chi connectivity index (χ3v) is 7.24. The van der Waals surface area contributed by atoms with Crippen molar-refractivity contribution in [1.82, 2.24) is 14.3 Å². The van der Waals surface area contributed by atoms with Crippen LogP contribution in [0.5, 0.6) is 17.2 Å². The third-order valence-electron chi connectivity index (χ3n) is 6.42. The molecule has 5 rings (SSSR count). The van der Waals surface area contributed by atoms with Gasteiger partial charge < -0.3 is 19.3 Å². The molecule has 1 amide bonds. The largest absolute Gasteiger partial charge is 0.457 e. The Bertz CT molecular complexity index is 1440. The molecule has 9 heteroatoms. The first-order chi connectivity index (χ1) is 18.9. The van der Waals surface area contributed by atoms with Crippen molar-refractivity contribution >= 4 is 28.5 Å². The average Bonchev–Trinajstić information content (AvgIpc) is 3.25. The van der Waals surface area contributed by atoms with Crippen LogP contribution in [0.3, 0.4) is 0 Å². The van der Waals surface area contributed by atoms with Gasteiger partial charge in [-0.25, -0.2) is 4.98 Å². The molecule has 4 aromatic rings. The lowest BCUT2D eigenvalue weighted by Gasteiger charge is -2.22. The first-order valence-corrected chi connectivity index (χ1v) is 13.7. The fourth-order valence-electron chi connectivity index (χ4n) is 4.41. The topological polar surface area (TPSA) is 84.9 Å². The van der Waals surface area contributed by atoms with Gasteiger partial charge >= 0.3 is 5.97 Å². The number of esters is 1. The summed E-state index contributed by atoms with van der Waals surface area (Å²) in [7, 11) is 0. The zero-order chi connectivity index (χ0) is 27.2. The number of anilines is 1. The molecule has 1 fully saturated rings. The summed E-state index contributed by atoms with van der Waals surface area (Å²) in [6, 6.07) is 22.8. The third kappa shape index (κ3) is 6.80. The standard InChI is InChI=1S/C30H30N4O4S/c1-21-8-12-24(13-9-21)38-25-14-10-23(11-15-25)20-28-31-30(39-32-28)34-17-5-16-33(18-19-34)29(36)26-6-3-4-7-27(26)37-22(2)35/h3-4,6-15H,5,16-20H2,1-2H3. The van der Waals surface area contributed by atoms with Gasteiger partial charge in [0.2, 0.25) is 5.13 Å². The minimum Gasteiger partial charge on any atom is -0.457 e. The molecule has 0 atom stereocenters. The number of para-hydroxylation sites is 1. The summed E-state index contributed by atoms with van der Waals surface area (Å²) >= 11 is 1.39. The highest BCUT2D eigenvalue weighted by Crippen LogP contribution is 2.25. The van der Waals surface area contributed by atoms with Crippen LogP contribution in [-0.4, -0.2) is 52.3 Å². The Morgan fingerprint density at radius 1 is 0.897 bits per heavy atom. The SMILES string of the molecule is CC(=O)Oc1ccccc1C(=O)N1CCCN(c2nc(Cc3ccc(Oc4ccc(C)cc4)cc3)ns2)CC1. The Hall–Kier alpha value is -4.24. The van der Waals surface area contributed by atoms with Gasteiger partial charge in [-0.2, -0.15) is 4.37 Å². The van der Waals surface area contributed by atoms with Crippen LogP contribution in [0.1, 0.15) is 40.7 Å². The van der Waals surface area contributed by atoms with Crippen molar-refractivity contribution < 1.29 is 19.1 Å². The first-order valence-electron chi connectivity index (χ1n) is 12.9. The Morgan fingerprint density at radius 2 is 1.62 bits per heavy atom. The van der Waals surface area contributed by atoms with Gasteiger partial charge in [0.1, 0.15) is 23.1 Å². The van der Waals surface area contributed by atoms with Crippen molar-refractivity contribution in [2.45, 2.75) is 26.7 Å². The van der Waals surface area contributed by atoms with Crippen molar-refractivity contribution in [2.24, 2.45) is 0 Å². The molecule has 0 N–H and O–H groups in total.